The van der Waals surface area contributed by atoms with E-state index in [0.29, 0.717) is 28.8 Å². The Kier molecular flexibility index (Phi) is 7.66. The first-order valence-electron chi connectivity index (χ1n) is 9.72. The highest BCUT2D eigenvalue weighted by Crippen LogP contribution is 2.24. The van der Waals surface area contributed by atoms with E-state index < -0.39 is 0 Å². The van der Waals surface area contributed by atoms with Gasteiger partial charge in [-0.3, -0.25) is 4.79 Å². The normalized spacial score (nSPS) is 11.0. The number of benzene rings is 2. The predicted octanol–water partition coefficient (Wildman–Crippen LogP) is 3.53. The molecule has 0 bridgehead atoms. The third-order valence-corrected chi connectivity index (χ3v) is 5.47. The molecule has 0 saturated heterocycles. The van der Waals surface area contributed by atoms with E-state index in [-0.39, 0.29) is 11.7 Å². The second kappa shape index (κ2) is 10.6. The maximum Gasteiger partial charge on any atom is 0.250 e. The number of rotatable bonds is 9. The van der Waals surface area contributed by atoms with Gasteiger partial charge in [0, 0.05) is 17.7 Å². The number of aromatic nitrogens is 3. The van der Waals surface area contributed by atoms with Crippen molar-refractivity contribution < 1.29 is 14.3 Å². The lowest BCUT2D eigenvalue weighted by atomic mass is 10.1. The molecule has 3 aromatic rings. The molecular formula is C22H25N5O3S. The molecule has 0 aliphatic heterocycles. The van der Waals surface area contributed by atoms with Crippen molar-refractivity contribution in [1.29, 1.82) is 0 Å². The molecule has 31 heavy (non-hydrogen) atoms. The van der Waals surface area contributed by atoms with Gasteiger partial charge in [-0.25, -0.2) is 5.43 Å². The average molecular weight is 440 g/mol. The van der Waals surface area contributed by atoms with E-state index in [1.54, 1.807) is 32.4 Å². The number of methoxy groups -OCH3 is 2. The first-order chi connectivity index (χ1) is 15.0. The van der Waals surface area contributed by atoms with Crippen LogP contribution in [0.2, 0.25) is 0 Å². The largest absolute Gasteiger partial charge is 0.497 e. The minimum absolute atomic E-state index is 0.165. The van der Waals surface area contributed by atoms with Crippen LogP contribution in [0.3, 0.4) is 0 Å². The molecule has 8 nitrogen and oxygen atoms in total. The van der Waals surface area contributed by atoms with Gasteiger partial charge in [0.2, 0.25) is 0 Å². The van der Waals surface area contributed by atoms with E-state index in [2.05, 4.69) is 20.7 Å². The SMILES string of the molecule is CCn1c(SCC(=O)N/N=C/c2cc(OC)ccc2OC)nnc1-c1ccc(C)cc1. The van der Waals surface area contributed by atoms with Crippen LogP contribution < -0.4 is 14.9 Å². The lowest BCUT2D eigenvalue weighted by Crippen LogP contribution is -2.20. The number of nitrogens with zero attached hydrogens (tertiary/aromatic N) is 4. The summed E-state index contributed by atoms with van der Waals surface area (Å²) in [5, 5.41) is 13.3. The van der Waals surface area contributed by atoms with Crippen molar-refractivity contribution >= 4 is 23.9 Å². The lowest BCUT2D eigenvalue weighted by molar-refractivity contribution is -0.118. The zero-order chi connectivity index (χ0) is 22.2. The highest BCUT2D eigenvalue weighted by Gasteiger charge is 2.14. The number of aryl methyl sites for hydroxylation is 1. The summed E-state index contributed by atoms with van der Waals surface area (Å²) < 4.78 is 12.5. The summed E-state index contributed by atoms with van der Waals surface area (Å²) in [5.41, 5.74) is 5.40. The monoisotopic (exact) mass is 439 g/mol. The number of carbonyl (C=O) groups is 1. The molecule has 0 aliphatic rings. The molecule has 1 amide bonds. The van der Waals surface area contributed by atoms with Crippen LogP contribution in [0.25, 0.3) is 11.4 Å². The van der Waals surface area contributed by atoms with Crippen LogP contribution in [-0.4, -0.2) is 46.9 Å². The number of carbonyl (C=O) groups excluding carboxylic acids is 1. The molecule has 0 radical (unpaired) electrons. The van der Waals surface area contributed by atoms with E-state index in [9.17, 15) is 4.79 Å². The standard InChI is InChI=1S/C22H25N5O3S/c1-5-27-21(16-8-6-15(2)7-9-16)25-26-22(27)31-14-20(28)24-23-13-17-12-18(29-3)10-11-19(17)30-4/h6-13H,5,14H2,1-4H3,(H,24,28)/b23-13+. The van der Waals surface area contributed by atoms with Gasteiger partial charge in [0.25, 0.3) is 5.91 Å². The van der Waals surface area contributed by atoms with Gasteiger partial charge in [-0.1, -0.05) is 41.6 Å². The molecule has 1 aromatic heterocycles. The van der Waals surface area contributed by atoms with Crippen LogP contribution >= 0.6 is 11.8 Å². The van der Waals surface area contributed by atoms with E-state index >= 15 is 0 Å². The maximum atomic E-state index is 12.2. The number of thioether (sulfide) groups is 1. The van der Waals surface area contributed by atoms with Gasteiger partial charge in [0.15, 0.2) is 11.0 Å². The summed E-state index contributed by atoms with van der Waals surface area (Å²) in [5.74, 6) is 2.01. The highest BCUT2D eigenvalue weighted by molar-refractivity contribution is 7.99. The first kappa shape index (κ1) is 22.4. The van der Waals surface area contributed by atoms with Gasteiger partial charge < -0.3 is 14.0 Å². The third kappa shape index (κ3) is 5.64. The Bertz CT molecular complexity index is 1060. The third-order valence-electron chi connectivity index (χ3n) is 4.50. The Hall–Kier alpha value is -3.33. The zero-order valence-corrected chi connectivity index (χ0v) is 18.8. The van der Waals surface area contributed by atoms with Crippen LogP contribution in [0.1, 0.15) is 18.1 Å². The summed E-state index contributed by atoms with van der Waals surface area (Å²) in [6.45, 7) is 4.77. The fourth-order valence-corrected chi connectivity index (χ4v) is 3.67. The molecule has 0 unspecified atom stereocenters. The van der Waals surface area contributed by atoms with Crippen LogP contribution in [0, 0.1) is 6.92 Å². The average Bonchev–Trinajstić information content (AvgIpc) is 3.21. The molecule has 0 aliphatic carbocycles. The van der Waals surface area contributed by atoms with E-state index in [1.807, 2.05) is 42.7 Å². The summed E-state index contributed by atoms with van der Waals surface area (Å²) in [4.78, 5) is 12.2. The lowest BCUT2D eigenvalue weighted by Gasteiger charge is -2.07. The maximum absolute atomic E-state index is 12.2. The van der Waals surface area contributed by atoms with Crippen molar-refractivity contribution in [2.45, 2.75) is 25.5 Å². The van der Waals surface area contributed by atoms with Gasteiger partial charge in [-0.2, -0.15) is 5.10 Å². The molecule has 0 saturated carbocycles. The molecule has 162 valence electrons. The van der Waals surface area contributed by atoms with Gasteiger partial charge >= 0.3 is 0 Å². The van der Waals surface area contributed by atoms with Crippen molar-refractivity contribution in [2.75, 3.05) is 20.0 Å². The molecule has 1 N–H and O–H groups in total. The second-order valence-corrected chi connectivity index (χ2v) is 7.55. The summed E-state index contributed by atoms with van der Waals surface area (Å²) in [6.07, 6.45) is 1.52. The van der Waals surface area contributed by atoms with Crippen molar-refractivity contribution in [3.63, 3.8) is 0 Å². The summed E-state index contributed by atoms with van der Waals surface area (Å²) in [6, 6.07) is 13.5. The molecule has 2 aromatic carbocycles. The van der Waals surface area contributed by atoms with E-state index in [1.165, 1.54) is 23.5 Å². The van der Waals surface area contributed by atoms with Gasteiger partial charge in [0.1, 0.15) is 11.5 Å². The molecule has 0 atom stereocenters. The van der Waals surface area contributed by atoms with E-state index in [0.717, 1.165) is 11.4 Å². The molecule has 9 heteroatoms. The van der Waals surface area contributed by atoms with Crippen molar-refractivity contribution in [1.82, 2.24) is 20.2 Å². The minimum Gasteiger partial charge on any atom is -0.497 e. The first-order valence-corrected chi connectivity index (χ1v) is 10.7. The van der Waals surface area contributed by atoms with Crippen molar-refractivity contribution in [2.24, 2.45) is 5.10 Å². The Labute approximate surface area is 185 Å². The van der Waals surface area contributed by atoms with Crippen molar-refractivity contribution in [3.8, 4) is 22.9 Å². The number of nitrogens with one attached hydrogen (secondary N) is 1. The predicted molar refractivity (Wildman–Crippen MR) is 122 cm³/mol. The van der Waals surface area contributed by atoms with E-state index in [4.69, 9.17) is 9.47 Å². The Morgan fingerprint density at radius 2 is 1.94 bits per heavy atom. The Morgan fingerprint density at radius 3 is 2.61 bits per heavy atom. The van der Waals surface area contributed by atoms with Crippen LogP contribution in [-0.2, 0) is 11.3 Å². The molecular weight excluding hydrogens is 414 g/mol. The van der Waals surface area contributed by atoms with Crippen LogP contribution in [0.15, 0.2) is 52.7 Å². The molecule has 1 heterocycles. The van der Waals surface area contributed by atoms with Crippen LogP contribution in [0.5, 0.6) is 11.5 Å². The fourth-order valence-electron chi connectivity index (χ4n) is 2.87. The quantitative estimate of drug-likeness (QED) is 0.312. The zero-order valence-electron chi connectivity index (χ0n) is 18.0. The summed E-state index contributed by atoms with van der Waals surface area (Å²) >= 11 is 1.32. The summed E-state index contributed by atoms with van der Waals surface area (Å²) in [7, 11) is 3.16. The number of hydrazone groups is 1. The van der Waals surface area contributed by atoms with Crippen molar-refractivity contribution in [3.05, 3.63) is 53.6 Å². The fraction of sp³-hybridized carbons (Fsp3) is 0.273. The minimum atomic E-state index is -0.245. The Morgan fingerprint density at radius 1 is 1.16 bits per heavy atom. The molecule has 0 spiro atoms. The topological polar surface area (TPSA) is 90.6 Å². The number of hydrogen-bond donors (Lipinski definition) is 1. The van der Waals surface area contributed by atoms with Gasteiger partial charge in [-0.15, -0.1) is 10.2 Å². The number of amides is 1. The Balaban J connectivity index is 1.61. The number of hydrogen-bond acceptors (Lipinski definition) is 7. The van der Waals surface area contributed by atoms with Gasteiger partial charge in [0.05, 0.1) is 26.2 Å². The number of ether oxygens (including phenoxy) is 2. The van der Waals surface area contributed by atoms with Crippen LogP contribution in [0.4, 0.5) is 0 Å². The second-order valence-electron chi connectivity index (χ2n) is 6.61. The highest BCUT2D eigenvalue weighted by atomic mass is 32.2. The smallest absolute Gasteiger partial charge is 0.250 e. The molecule has 0 fully saturated rings. The molecule has 3 rings (SSSR count). The van der Waals surface area contributed by atoms with Gasteiger partial charge in [-0.05, 0) is 32.0 Å².